The molecule has 3 rings (SSSR count). The molecule has 0 radical (unpaired) electrons. The minimum absolute atomic E-state index is 0.304. The number of pyridine rings is 1. The topological polar surface area (TPSA) is 45.1 Å². The molecule has 3 nitrogen and oxygen atoms in total. The lowest BCUT2D eigenvalue weighted by molar-refractivity contribution is 0.258. The van der Waals surface area contributed by atoms with E-state index in [1.807, 2.05) is 13.0 Å². The molecule has 19 heavy (non-hydrogen) atoms. The van der Waals surface area contributed by atoms with Crippen LogP contribution in [0.15, 0.2) is 12.1 Å². The molecule has 3 heteroatoms. The summed E-state index contributed by atoms with van der Waals surface area (Å²) in [5.74, 6) is 3.06. The van der Waals surface area contributed by atoms with Gasteiger partial charge in [0.2, 0.25) is 0 Å². The molecule has 4 unspecified atom stereocenters. The molecule has 2 fully saturated rings. The molecule has 2 N–H and O–H groups in total. The van der Waals surface area contributed by atoms with Crippen molar-refractivity contribution < 1.29 is 5.11 Å². The summed E-state index contributed by atoms with van der Waals surface area (Å²) in [6.07, 6.45) is 5.72. The Bertz CT molecular complexity index is 460. The largest absolute Gasteiger partial charge is 0.506 e. The zero-order valence-electron chi connectivity index (χ0n) is 11.9. The molecule has 0 spiro atoms. The number of fused-ring (bicyclic) bond motifs is 2. The lowest BCUT2D eigenvalue weighted by Gasteiger charge is -2.28. The van der Waals surface area contributed by atoms with E-state index in [1.165, 1.54) is 25.7 Å². The smallest absolute Gasteiger partial charge is 0.138 e. The fourth-order valence-electron chi connectivity index (χ4n) is 4.05. The molecule has 1 aromatic rings. The summed E-state index contributed by atoms with van der Waals surface area (Å²) in [7, 11) is 0. The van der Waals surface area contributed by atoms with Crippen LogP contribution in [0.5, 0.6) is 5.75 Å². The summed E-state index contributed by atoms with van der Waals surface area (Å²) in [5, 5.41) is 13.4. The van der Waals surface area contributed by atoms with E-state index in [0.717, 1.165) is 29.1 Å². The second-order valence-corrected chi connectivity index (χ2v) is 6.43. The van der Waals surface area contributed by atoms with Crippen molar-refractivity contribution in [1.82, 2.24) is 10.3 Å². The maximum atomic E-state index is 9.82. The van der Waals surface area contributed by atoms with E-state index in [9.17, 15) is 5.11 Å². The third-order valence-corrected chi connectivity index (χ3v) is 5.12. The molecule has 104 valence electrons. The molecule has 0 aliphatic heterocycles. The van der Waals surface area contributed by atoms with Crippen LogP contribution in [0, 0.1) is 24.7 Å². The highest BCUT2D eigenvalue weighted by atomic mass is 16.3. The van der Waals surface area contributed by atoms with E-state index in [4.69, 9.17) is 0 Å². The van der Waals surface area contributed by atoms with Crippen molar-refractivity contribution in [3.63, 3.8) is 0 Å². The molecule has 4 atom stereocenters. The van der Waals surface area contributed by atoms with Gasteiger partial charge >= 0.3 is 0 Å². The zero-order chi connectivity index (χ0) is 13.4. The number of aromatic hydroxyl groups is 1. The Morgan fingerprint density at radius 1 is 1.37 bits per heavy atom. The monoisotopic (exact) mass is 260 g/mol. The summed E-state index contributed by atoms with van der Waals surface area (Å²) < 4.78 is 0. The van der Waals surface area contributed by atoms with Gasteiger partial charge in [0.05, 0.1) is 5.69 Å². The van der Waals surface area contributed by atoms with Gasteiger partial charge in [0.1, 0.15) is 5.75 Å². The first-order chi connectivity index (χ1) is 9.13. The van der Waals surface area contributed by atoms with Gasteiger partial charge in [-0.1, -0.05) is 6.42 Å². The highest BCUT2D eigenvalue weighted by molar-refractivity contribution is 5.27. The van der Waals surface area contributed by atoms with Gasteiger partial charge < -0.3 is 10.4 Å². The SMILES string of the molecule is Cc1ccc(O)c(CNC(C)C2CC3CCC2C3)n1. The molecule has 2 aliphatic carbocycles. The lowest BCUT2D eigenvalue weighted by Crippen LogP contribution is -2.36. The summed E-state index contributed by atoms with van der Waals surface area (Å²) in [6, 6.07) is 4.11. The zero-order valence-corrected chi connectivity index (χ0v) is 11.9. The first kappa shape index (κ1) is 12.9. The molecule has 1 aromatic heterocycles. The number of hydrogen-bond donors (Lipinski definition) is 2. The Labute approximate surface area is 115 Å². The van der Waals surface area contributed by atoms with Crippen LogP contribution in [-0.2, 0) is 6.54 Å². The third kappa shape index (κ3) is 2.62. The lowest BCUT2D eigenvalue weighted by atomic mass is 9.84. The van der Waals surface area contributed by atoms with Crippen molar-refractivity contribution in [2.45, 2.75) is 52.1 Å². The second kappa shape index (κ2) is 5.12. The molecule has 0 saturated heterocycles. The average Bonchev–Trinajstić information content (AvgIpc) is 3.02. The maximum absolute atomic E-state index is 9.82. The van der Waals surface area contributed by atoms with Crippen LogP contribution in [-0.4, -0.2) is 16.1 Å². The Morgan fingerprint density at radius 3 is 2.89 bits per heavy atom. The normalized spacial score (nSPS) is 30.7. The highest BCUT2D eigenvalue weighted by Gasteiger charge is 2.41. The molecular formula is C16H24N2O. The molecule has 0 aromatic carbocycles. The van der Waals surface area contributed by atoms with Crippen molar-refractivity contribution in [2.75, 3.05) is 0 Å². The van der Waals surface area contributed by atoms with Gasteiger partial charge in [-0.25, -0.2) is 0 Å². The summed E-state index contributed by atoms with van der Waals surface area (Å²) >= 11 is 0. The van der Waals surface area contributed by atoms with Crippen molar-refractivity contribution in [1.29, 1.82) is 0 Å². The van der Waals surface area contributed by atoms with Crippen LogP contribution < -0.4 is 5.32 Å². The van der Waals surface area contributed by atoms with E-state index < -0.39 is 0 Å². The highest BCUT2D eigenvalue weighted by Crippen LogP contribution is 2.49. The number of rotatable bonds is 4. The molecule has 1 heterocycles. The van der Waals surface area contributed by atoms with Gasteiger partial charge in [0.15, 0.2) is 0 Å². The first-order valence-electron chi connectivity index (χ1n) is 7.52. The van der Waals surface area contributed by atoms with E-state index in [1.54, 1.807) is 6.07 Å². The number of nitrogens with zero attached hydrogens (tertiary/aromatic N) is 1. The van der Waals surface area contributed by atoms with Gasteiger partial charge in [-0.05, 0) is 63.0 Å². The van der Waals surface area contributed by atoms with Crippen LogP contribution in [0.3, 0.4) is 0 Å². The number of hydrogen-bond acceptors (Lipinski definition) is 3. The van der Waals surface area contributed by atoms with E-state index >= 15 is 0 Å². The Hall–Kier alpha value is -1.09. The number of aromatic nitrogens is 1. The molecule has 2 saturated carbocycles. The minimum atomic E-state index is 0.304. The predicted molar refractivity (Wildman–Crippen MR) is 75.9 cm³/mol. The molecule has 0 amide bonds. The first-order valence-corrected chi connectivity index (χ1v) is 7.52. The summed E-state index contributed by atoms with van der Waals surface area (Å²) in [5.41, 5.74) is 1.73. The van der Waals surface area contributed by atoms with Gasteiger partial charge in [0.25, 0.3) is 0 Å². The fraction of sp³-hybridized carbons (Fsp3) is 0.688. The number of aryl methyl sites for hydroxylation is 1. The summed E-state index contributed by atoms with van der Waals surface area (Å²) in [6.45, 7) is 4.92. The van der Waals surface area contributed by atoms with Crippen molar-refractivity contribution >= 4 is 0 Å². The van der Waals surface area contributed by atoms with Crippen molar-refractivity contribution in [3.8, 4) is 5.75 Å². The molecular weight excluding hydrogens is 236 g/mol. The van der Waals surface area contributed by atoms with Crippen LogP contribution in [0.25, 0.3) is 0 Å². The van der Waals surface area contributed by atoms with E-state index in [0.29, 0.717) is 18.3 Å². The molecule has 2 aliphatic rings. The van der Waals surface area contributed by atoms with Crippen molar-refractivity contribution in [2.24, 2.45) is 17.8 Å². The van der Waals surface area contributed by atoms with Crippen LogP contribution in [0.4, 0.5) is 0 Å². The van der Waals surface area contributed by atoms with Crippen LogP contribution in [0.2, 0.25) is 0 Å². The molecule has 2 bridgehead atoms. The Kier molecular flexibility index (Phi) is 3.48. The van der Waals surface area contributed by atoms with Crippen LogP contribution >= 0.6 is 0 Å². The Morgan fingerprint density at radius 2 is 2.21 bits per heavy atom. The maximum Gasteiger partial charge on any atom is 0.138 e. The third-order valence-electron chi connectivity index (χ3n) is 5.12. The summed E-state index contributed by atoms with van der Waals surface area (Å²) in [4.78, 5) is 4.41. The standard InChI is InChI=1S/C16H24N2O/c1-10-3-6-16(19)15(18-10)9-17-11(2)14-8-12-4-5-13(14)7-12/h3,6,11-14,17,19H,4-5,7-9H2,1-2H3. The Balaban J connectivity index is 1.58. The van der Waals surface area contributed by atoms with Gasteiger partial charge in [0, 0.05) is 18.3 Å². The van der Waals surface area contributed by atoms with Gasteiger partial charge in [-0.3, -0.25) is 4.98 Å². The van der Waals surface area contributed by atoms with Crippen LogP contribution in [0.1, 0.15) is 44.0 Å². The quantitative estimate of drug-likeness (QED) is 0.874. The van der Waals surface area contributed by atoms with Gasteiger partial charge in [-0.15, -0.1) is 0 Å². The van der Waals surface area contributed by atoms with E-state index in [2.05, 4.69) is 17.2 Å². The van der Waals surface area contributed by atoms with Gasteiger partial charge in [-0.2, -0.15) is 0 Å². The predicted octanol–water partition coefficient (Wildman–Crippen LogP) is 3.01. The average molecular weight is 260 g/mol. The van der Waals surface area contributed by atoms with E-state index in [-0.39, 0.29) is 0 Å². The number of nitrogens with one attached hydrogen (secondary N) is 1. The fourth-order valence-corrected chi connectivity index (χ4v) is 4.05. The minimum Gasteiger partial charge on any atom is -0.506 e. The van der Waals surface area contributed by atoms with Crippen molar-refractivity contribution in [3.05, 3.63) is 23.5 Å². The second-order valence-electron chi connectivity index (χ2n) is 6.43.